The van der Waals surface area contributed by atoms with Gasteiger partial charge < -0.3 is 0 Å². The van der Waals surface area contributed by atoms with Gasteiger partial charge in [0.25, 0.3) is 0 Å². The van der Waals surface area contributed by atoms with E-state index in [1.54, 1.807) is 0 Å². The molecule has 1 heterocycles. The third kappa shape index (κ3) is 4.53. The maximum Gasteiger partial charge on any atom is 0.150 e. The Labute approximate surface area is 96.7 Å². The number of nitrogens with one attached hydrogen (secondary N) is 2. The molecule has 0 aromatic carbocycles. The van der Waals surface area contributed by atoms with E-state index in [2.05, 4.69) is 10.9 Å². The van der Waals surface area contributed by atoms with Crippen molar-refractivity contribution in [2.24, 2.45) is 5.92 Å². The fourth-order valence-corrected chi connectivity index (χ4v) is 3.21. The van der Waals surface area contributed by atoms with Crippen LogP contribution in [0.2, 0.25) is 0 Å². The standard InChI is InChI=1S/C11H22N2OS/c1-3-11(14)10(13-12-2)8-9-4-6-15-7-5-9/h9-10,12-13H,3-8H2,1-2H3. The van der Waals surface area contributed by atoms with Gasteiger partial charge in [0.2, 0.25) is 0 Å². The van der Waals surface area contributed by atoms with E-state index in [0.717, 1.165) is 12.3 Å². The van der Waals surface area contributed by atoms with E-state index in [1.165, 1.54) is 24.3 Å². The predicted octanol–water partition coefficient (Wildman–Crippen LogP) is 1.59. The summed E-state index contributed by atoms with van der Waals surface area (Å²) < 4.78 is 0. The van der Waals surface area contributed by atoms with Crippen molar-refractivity contribution in [1.29, 1.82) is 0 Å². The normalized spacial score (nSPS) is 20.1. The van der Waals surface area contributed by atoms with Crippen LogP contribution in [0.1, 0.15) is 32.6 Å². The first-order chi connectivity index (χ1) is 7.27. The summed E-state index contributed by atoms with van der Waals surface area (Å²) >= 11 is 2.03. The Balaban J connectivity index is 2.38. The van der Waals surface area contributed by atoms with E-state index in [4.69, 9.17) is 0 Å². The zero-order valence-electron chi connectivity index (χ0n) is 9.71. The molecule has 0 aromatic heterocycles. The number of hydrazine groups is 1. The lowest BCUT2D eigenvalue weighted by atomic mass is 9.92. The Bertz CT molecular complexity index is 193. The first kappa shape index (κ1) is 13.0. The van der Waals surface area contributed by atoms with Crippen LogP contribution in [0.3, 0.4) is 0 Å². The van der Waals surface area contributed by atoms with Gasteiger partial charge in [-0.1, -0.05) is 6.92 Å². The van der Waals surface area contributed by atoms with Gasteiger partial charge in [-0.2, -0.15) is 11.8 Å². The van der Waals surface area contributed by atoms with Crippen molar-refractivity contribution in [1.82, 2.24) is 10.9 Å². The molecule has 4 heteroatoms. The third-order valence-corrected chi connectivity index (χ3v) is 4.01. The predicted molar refractivity (Wildman–Crippen MR) is 65.9 cm³/mol. The summed E-state index contributed by atoms with van der Waals surface area (Å²) in [6.45, 7) is 1.93. The van der Waals surface area contributed by atoms with Crippen molar-refractivity contribution < 1.29 is 4.79 Å². The summed E-state index contributed by atoms with van der Waals surface area (Å²) in [5.41, 5.74) is 5.97. The molecule has 15 heavy (non-hydrogen) atoms. The number of thioether (sulfide) groups is 1. The van der Waals surface area contributed by atoms with Crippen molar-refractivity contribution in [3.8, 4) is 0 Å². The number of Topliss-reactive ketones (excluding diaryl/α,β-unsaturated/α-hetero) is 1. The van der Waals surface area contributed by atoms with E-state index >= 15 is 0 Å². The van der Waals surface area contributed by atoms with Crippen LogP contribution in [-0.2, 0) is 4.79 Å². The lowest BCUT2D eigenvalue weighted by molar-refractivity contribution is -0.121. The number of ketones is 1. The summed E-state index contributed by atoms with van der Waals surface area (Å²) in [6, 6.07) is 0.00750. The van der Waals surface area contributed by atoms with Gasteiger partial charge >= 0.3 is 0 Å². The Morgan fingerprint density at radius 2 is 2.13 bits per heavy atom. The zero-order valence-corrected chi connectivity index (χ0v) is 10.5. The molecule has 0 amide bonds. The Hall–Kier alpha value is -0.0600. The molecular weight excluding hydrogens is 208 g/mol. The molecule has 3 nitrogen and oxygen atoms in total. The summed E-state index contributed by atoms with van der Waals surface area (Å²) in [7, 11) is 1.83. The highest BCUT2D eigenvalue weighted by atomic mass is 32.2. The van der Waals surface area contributed by atoms with Crippen LogP contribution in [0.15, 0.2) is 0 Å². The SMILES string of the molecule is CCC(=O)C(CC1CCSCC1)NNC. The smallest absolute Gasteiger partial charge is 0.150 e. The highest BCUT2D eigenvalue weighted by molar-refractivity contribution is 7.99. The summed E-state index contributed by atoms with van der Waals surface area (Å²) in [5.74, 6) is 3.57. The quantitative estimate of drug-likeness (QED) is 0.680. The van der Waals surface area contributed by atoms with Gasteiger partial charge in [-0.05, 0) is 43.7 Å². The second-order valence-corrected chi connectivity index (χ2v) is 5.28. The van der Waals surface area contributed by atoms with E-state index in [-0.39, 0.29) is 6.04 Å². The monoisotopic (exact) mass is 230 g/mol. The average Bonchev–Trinajstić information content (AvgIpc) is 2.29. The second-order valence-electron chi connectivity index (χ2n) is 4.06. The molecule has 0 radical (unpaired) electrons. The molecule has 1 aliphatic heterocycles. The van der Waals surface area contributed by atoms with Gasteiger partial charge in [0.15, 0.2) is 5.78 Å². The number of rotatable bonds is 6. The van der Waals surface area contributed by atoms with Crippen LogP contribution in [0.25, 0.3) is 0 Å². The minimum atomic E-state index is 0.00750. The molecule has 0 spiro atoms. The lowest BCUT2D eigenvalue weighted by Crippen LogP contribution is -2.44. The van der Waals surface area contributed by atoms with Gasteiger partial charge in [-0.3, -0.25) is 10.2 Å². The zero-order chi connectivity index (χ0) is 11.1. The molecular formula is C11H22N2OS. The van der Waals surface area contributed by atoms with E-state index < -0.39 is 0 Å². The first-order valence-corrected chi connectivity index (χ1v) is 6.96. The molecule has 0 aromatic rings. The van der Waals surface area contributed by atoms with Gasteiger partial charge in [-0.25, -0.2) is 5.43 Å². The average molecular weight is 230 g/mol. The molecule has 0 bridgehead atoms. The molecule has 0 saturated carbocycles. The molecule has 2 N–H and O–H groups in total. The summed E-state index contributed by atoms with van der Waals surface area (Å²) in [6.07, 6.45) is 4.15. The van der Waals surface area contributed by atoms with Crippen LogP contribution in [0, 0.1) is 5.92 Å². The van der Waals surface area contributed by atoms with Gasteiger partial charge in [0, 0.05) is 6.42 Å². The van der Waals surface area contributed by atoms with Crippen molar-refractivity contribution in [2.45, 2.75) is 38.6 Å². The van der Waals surface area contributed by atoms with Crippen LogP contribution in [-0.4, -0.2) is 30.4 Å². The molecule has 1 atom stereocenters. The van der Waals surface area contributed by atoms with E-state index in [1.807, 2.05) is 25.7 Å². The molecule has 1 unspecified atom stereocenters. The molecule has 1 rings (SSSR count). The molecule has 1 fully saturated rings. The third-order valence-electron chi connectivity index (χ3n) is 2.97. The van der Waals surface area contributed by atoms with E-state index in [0.29, 0.717) is 12.2 Å². The number of hydrogen-bond donors (Lipinski definition) is 2. The Morgan fingerprint density at radius 1 is 1.47 bits per heavy atom. The maximum atomic E-state index is 11.7. The largest absolute Gasteiger partial charge is 0.298 e. The Kier molecular flexibility index (Phi) is 6.29. The highest BCUT2D eigenvalue weighted by Crippen LogP contribution is 2.26. The number of carbonyl (C=O) groups is 1. The van der Waals surface area contributed by atoms with Crippen molar-refractivity contribution in [3.63, 3.8) is 0 Å². The van der Waals surface area contributed by atoms with Gasteiger partial charge in [-0.15, -0.1) is 0 Å². The molecule has 1 aliphatic rings. The van der Waals surface area contributed by atoms with E-state index in [9.17, 15) is 4.79 Å². The van der Waals surface area contributed by atoms with Gasteiger partial charge in [0.1, 0.15) is 0 Å². The van der Waals surface area contributed by atoms with Crippen LogP contribution >= 0.6 is 11.8 Å². The fraction of sp³-hybridized carbons (Fsp3) is 0.909. The minimum absolute atomic E-state index is 0.00750. The number of hydrogen-bond acceptors (Lipinski definition) is 4. The molecule has 88 valence electrons. The first-order valence-electron chi connectivity index (χ1n) is 5.80. The number of carbonyl (C=O) groups excluding carboxylic acids is 1. The van der Waals surface area contributed by atoms with Crippen LogP contribution in [0.5, 0.6) is 0 Å². The molecule has 1 saturated heterocycles. The highest BCUT2D eigenvalue weighted by Gasteiger charge is 2.22. The Morgan fingerprint density at radius 3 is 2.67 bits per heavy atom. The molecule has 0 aliphatic carbocycles. The second kappa shape index (κ2) is 7.25. The van der Waals surface area contributed by atoms with Crippen molar-refractivity contribution >= 4 is 17.5 Å². The maximum absolute atomic E-state index is 11.7. The van der Waals surface area contributed by atoms with Crippen molar-refractivity contribution in [2.75, 3.05) is 18.6 Å². The topological polar surface area (TPSA) is 41.1 Å². The minimum Gasteiger partial charge on any atom is -0.298 e. The van der Waals surface area contributed by atoms with Crippen LogP contribution in [0.4, 0.5) is 0 Å². The summed E-state index contributed by atoms with van der Waals surface area (Å²) in [4.78, 5) is 11.7. The van der Waals surface area contributed by atoms with Crippen molar-refractivity contribution in [3.05, 3.63) is 0 Å². The van der Waals surface area contributed by atoms with Crippen LogP contribution < -0.4 is 10.9 Å². The summed E-state index contributed by atoms with van der Waals surface area (Å²) in [5, 5.41) is 0. The van der Waals surface area contributed by atoms with Gasteiger partial charge in [0.05, 0.1) is 6.04 Å². The lowest BCUT2D eigenvalue weighted by Gasteiger charge is -2.25. The fourth-order valence-electron chi connectivity index (χ4n) is 2.01.